The van der Waals surface area contributed by atoms with Gasteiger partial charge in [0.05, 0.1) is 22.8 Å². The molecule has 0 saturated heterocycles. The van der Waals surface area contributed by atoms with Crippen LogP contribution in [-0.4, -0.2) is 20.2 Å². The van der Waals surface area contributed by atoms with Gasteiger partial charge in [-0.1, -0.05) is 206 Å². The smallest absolute Gasteiger partial charge is 0.115 e. The van der Waals surface area contributed by atoms with Crippen molar-refractivity contribution in [2.45, 2.75) is 232 Å². The van der Waals surface area contributed by atoms with Gasteiger partial charge >= 0.3 is 0 Å². The number of aromatic nitrogens is 2. The molecule has 0 spiro atoms. The third-order valence-electron chi connectivity index (χ3n) is 11.9. The summed E-state index contributed by atoms with van der Waals surface area (Å²) in [5.41, 5.74) is 6.04. The molecular formula is C52H84N2O2. The number of benzene rings is 2. The van der Waals surface area contributed by atoms with Crippen LogP contribution in [0.5, 0.6) is 11.5 Å². The average Bonchev–Trinajstić information content (AvgIpc) is 3.21. The summed E-state index contributed by atoms with van der Waals surface area (Å²) in [7, 11) is 0. The molecule has 3 aromatic rings. The van der Waals surface area contributed by atoms with Crippen molar-refractivity contribution >= 4 is 0 Å². The first-order valence-corrected chi connectivity index (χ1v) is 24.1. The van der Waals surface area contributed by atoms with Crippen molar-refractivity contribution in [3.8, 4) is 34.0 Å². The first kappa shape index (κ1) is 47.5. The lowest BCUT2D eigenvalue weighted by molar-refractivity contribution is 0.475. The number of nitrogens with zero attached hydrogens (tertiary/aromatic N) is 2. The van der Waals surface area contributed by atoms with Gasteiger partial charge in [0.1, 0.15) is 11.5 Å². The Hall–Kier alpha value is -2.88. The third-order valence-corrected chi connectivity index (χ3v) is 11.9. The van der Waals surface area contributed by atoms with Crippen molar-refractivity contribution in [1.82, 2.24) is 9.97 Å². The third kappa shape index (κ3) is 21.6. The van der Waals surface area contributed by atoms with E-state index in [1.165, 1.54) is 193 Å². The molecule has 0 saturated carbocycles. The Bertz CT molecular complexity index is 1250. The molecule has 0 atom stereocenters. The first-order valence-electron chi connectivity index (χ1n) is 24.1. The molecule has 0 fully saturated rings. The van der Waals surface area contributed by atoms with E-state index < -0.39 is 0 Å². The molecule has 0 amide bonds. The molecule has 4 heteroatoms. The minimum atomic E-state index is 0.273. The van der Waals surface area contributed by atoms with Gasteiger partial charge in [0.15, 0.2) is 0 Å². The van der Waals surface area contributed by atoms with Crippen LogP contribution in [0.4, 0.5) is 0 Å². The predicted octanol–water partition coefficient (Wildman–Crippen LogP) is 16.8. The number of phenolic OH excluding ortho intramolecular Hbond substituents is 2. The van der Waals surface area contributed by atoms with Crippen LogP contribution in [0.1, 0.15) is 231 Å². The standard InChI is InChI=1S/C52H84N2O2/c1-3-5-7-9-11-13-15-17-19-21-23-25-27-29-31-33-35-49-51(45-37-41-47(55)42-38-45)54-50(52(53-49)46-39-43-48(56)44-40-46)36-34-32-30-28-26-24-22-20-18-16-14-12-10-8-6-4-2/h37-44,55-56H,3-36H2,1-2H3. The summed E-state index contributed by atoms with van der Waals surface area (Å²) >= 11 is 0. The van der Waals surface area contributed by atoms with Gasteiger partial charge in [0, 0.05) is 11.1 Å². The Kier molecular flexibility index (Phi) is 27.2. The molecule has 314 valence electrons. The van der Waals surface area contributed by atoms with Gasteiger partial charge in [-0.2, -0.15) is 0 Å². The van der Waals surface area contributed by atoms with Crippen molar-refractivity contribution < 1.29 is 10.2 Å². The van der Waals surface area contributed by atoms with Crippen LogP contribution < -0.4 is 0 Å². The Morgan fingerprint density at radius 2 is 0.518 bits per heavy atom. The van der Waals surface area contributed by atoms with E-state index >= 15 is 0 Å². The van der Waals surface area contributed by atoms with E-state index in [9.17, 15) is 10.2 Å². The Labute approximate surface area is 345 Å². The number of phenols is 2. The van der Waals surface area contributed by atoms with Crippen LogP contribution in [0.15, 0.2) is 48.5 Å². The number of hydrogen-bond acceptors (Lipinski definition) is 4. The highest BCUT2D eigenvalue weighted by Crippen LogP contribution is 2.31. The quantitative estimate of drug-likeness (QED) is 0.0578. The van der Waals surface area contributed by atoms with Crippen molar-refractivity contribution in [2.24, 2.45) is 0 Å². The topological polar surface area (TPSA) is 66.2 Å². The second-order valence-corrected chi connectivity index (χ2v) is 17.0. The highest BCUT2D eigenvalue weighted by atomic mass is 16.3. The van der Waals surface area contributed by atoms with E-state index in [0.717, 1.165) is 59.6 Å². The fourth-order valence-electron chi connectivity index (χ4n) is 8.24. The molecule has 0 aliphatic heterocycles. The molecule has 2 aromatic carbocycles. The van der Waals surface area contributed by atoms with E-state index in [2.05, 4.69) is 13.8 Å². The normalized spacial score (nSPS) is 11.5. The van der Waals surface area contributed by atoms with E-state index in [4.69, 9.17) is 9.97 Å². The Morgan fingerprint density at radius 3 is 0.750 bits per heavy atom. The number of rotatable bonds is 36. The van der Waals surface area contributed by atoms with E-state index in [0.29, 0.717) is 0 Å². The highest BCUT2D eigenvalue weighted by molar-refractivity contribution is 5.68. The lowest BCUT2D eigenvalue weighted by atomic mass is 9.99. The summed E-state index contributed by atoms with van der Waals surface area (Å²) in [4.78, 5) is 10.7. The molecule has 3 rings (SSSR count). The van der Waals surface area contributed by atoms with Gasteiger partial charge in [-0.3, -0.25) is 0 Å². The zero-order valence-electron chi connectivity index (χ0n) is 36.4. The summed E-state index contributed by atoms with van der Waals surface area (Å²) in [5, 5.41) is 20.1. The Morgan fingerprint density at radius 1 is 0.304 bits per heavy atom. The fraction of sp³-hybridized carbons (Fsp3) is 0.692. The Balaban J connectivity index is 1.44. The molecule has 0 radical (unpaired) electrons. The van der Waals surface area contributed by atoms with Crippen LogP contribution >= 0.6 is 0 Å². The molecule has 1 aromatic heterocycles. The van der Waals surface area contributed by atoms with E-state index in [1.807, 2.05) is 24.3 Å². The molecule has 0 unspecified atom stereocenters. The van der Waals surface area contributed by atoms with Gasteiger partial charge in [-0.05, 0) is 74.2 Å². The van der Waals surface area contributed by atoms with Gasteiger partial charge in [-0.15, -0.1) is 0 Å². The number of aryl methyl sites for hydroxylation is 2. The maximum atomic E-state index is 10.1. The second kappa shape index (κ2) is 32.1. The molecular weight excluding hydrogens is 685 g/mol. The summed E-state index contributed by atoms with van der Waals surface area (Å²) < 4.78 is 0. The zero-order valence-corrected chi connectivity index (χ0v) is 36.4. The van der Waals surface area contributed by atoms with Crippen LogP contribution in [-0.2, 0) is 12.8 Å². The minimum Gasteiger partial charge on any atom is -0.508 e. The zero-order chi connectivity index (χ0) is 39.7. The summed E-state index contributed by atoms with van der Waals surface area (Å²) in [6, 6.07) is 15.0. The summed E-state index contributed by atoms with van der Waals surface area (Å²) in [6.07, 6.45) is 45.3. The maximum absolute atomic E-state index is 10.1. The minimum absolute atomic E-state index is 0.273. The second-order valence-electron chi connectivity index (χ2n) is 17.0. The van der Waals surface area contributed by atoms with Gasteiger partial charge < -0.3 is 10.2 Å². The summed E-state index contributed by atoms with van der Waals surface area (Å²) in [5.74, 6) is 0.547. The van der Waals surface area contributed by atoms with E-state index in [1.54, 1.807) is 24.3 Å². The van der Waals surface area contributed by atoms with Crippen LogP contribution in [0.3, 0.4) is 0 Å². The first-order chi connectivity index (χ1) is 27.6. The number of aromatic hydroxyl groups is 2. The molecule has 1 heterocycles. The molecule has 56 heavy (non-hydrogen) atoms. The molecule has 4 nitrogen and oxygen atoms in total. The monoisotopic (exact) mass is 769 g/mol. The molecule has 0 aliphatic carbocycles. The maximum Gasteiger partial charge on any atom is 0.115 e. The molecule has 0 bridgehead atoms. The average molecular weight is 769 g/mol. The number of unbranched alkanes of at least 4 members (excludes halogenated alkanes) is 30. The largest absolute Gasteiger partial charge is 0.508 e. The van der Waals surface area contributed by atoms with Gasteiger partial charge in [0.2, 0.25) is 0 Å². The van der Waals surface area contributed by atoms with Crippen molar-refractivity contribution in [3.63, 3.8) is 0 Å². The van der Waals surface area contributed by atoms with Crippen LogP contribution in [0.2, 0.25) is 0 Å². The van der Waals surface area contributed by atoms with Crippen LogP contribution in [0.25, 0.3) is 22.5 Å². The lowest BCUT2D eigenvalue weighted by Gasteiger charge is -2.16. The summed E-state index contributed by atoms with van der Waals surface area (Å²) in [6.45, 7) is 4.59. The lowest BCUT2D eigenvalue weighted by Crippen LogP contribution is -2.06. The molecule has 2 N–H and O–H groups in total. The van der Waals surface area contributed by atoms with Crippen molar-refractivity contribution in [3.05, 3.63) is 59.9 Å². The van der Waals surface area contributed by atoms with Gasteiger partial charge in [0.25, 0.3) is 0 Å². The molecule has 0 aliphatic rings. The fourth-order valence-corrected chi connectivity index (χ4v) is 8.24. The van der Waals surface area contributed by atoms with Crippen molar-refractivity contribution in [2.75, 3.05) is 0 Å². The number of hydrogen-bond donors (Lipinski definition) is 2. The SMILES string of the molecule is CCCCCCCCCCCCCCCCCCc1nc(-c2ccc(O)cc2)c(CCCCCCCCCCCCCCCCCC)nc1-c1ccc(O)cc1. The predicted molar refractivity (Wildman–Crippen MR) is 243 cm³/mol. The highest BCUT2D eigenvalue weighted by Gasteiger charge is 2.17. The van der Waals surface area contributed by atoms with Gasteiger partial charge in [-0.25, -0.2) is 9.97 Å². The van der Waals surface area contributed by atoms with Crippen molar-refractivity contribution in [1.29, 1.82) is 0 Å². The van der Waals surface area contributed by atoms with Crippen LogP contribution in [0, 0.1) is 0 Å². The van der Waals surface area contributed by atoms with E-state index in [-0.39, 0.29) is 11.5 Å².